The van der Waals surface area contributed by atoms with Gasteiger partial charge in [-0.05, 0) is 45.3 Å². The summed E-state index contributed by atoms with van der Waals surface area (Å²) in [7, 11) is 2.10. The van der Waals surface area contributed by atoms with E-state index >= 15 is 0 Å². The quantitative estimate of drug-likeness (QED) is 0.116. The van der Waals surface area contributed by atoms with Crippen molar-refractivity contribution >= 4 is 41.7 Å². The smallest absolute Gasteiger partial charge is 0.193 e. The third-order valence-electron chi connectivity index (χ3n) is 5.03. The lowest BCUT2D eigenvalue weighted by Gasteiger charge is -2.21. The topological polar surface area (TPSA) is 58.3 Å². The van der Waals surface area contributed by atoms with Gasteiger partial charge in [-0.15, -0.1) is 40.8 Å². The second-order valence-electron chi connectivity index (χ2n) is 7.10. The van der Waals surface area contributed by atoms with Crippen LogP contribution in [0.3, 0.4) is 0 Å². The molecule has 0 aromatic carbocycles. The Hall–Kier alpha value is -0.770. The van der Waals surface area contributed by atoms with Crippen LogP contribution in [0.4, 0.5) is 0 Å². The van der Waals surface area contributed by atoms with E-state index in [9.17, 15) is 0 Å². The average Bonchev–Trinajstić information content (AvgIpc) is 3.33. The van der Waals surface area contributed by atoms with E-state index in [1.165, 1.54) is 25.7 Å². The minimum absolute atomic E-state index is 0. The zero-order valence-corrected chi connectivity index (χ0v) is 20.8. The number of allylic oxidation sites excluding steroid dienone is 1. The summed E-state index contributed by atoms with van der Waals surface area (Å²) in [6, 6.07) is 0.592. The Morgan fingerprint density at radius 2 is 2.11 bits per heavy atom. The molecule has 0 amide bonds. The maximum Gasteiger partial charge on any atom is 0.193 e. The number of aryl methyl sites for hydroxylation is 1. The maximum absolute atomic E-state index is 4.80. The number of aromatic nitrogens is 3. The van der Waals surface area contributed by atoms with Crippen molar-refractivity contribution in [2.24, 2.45) is 4.99 Å². The summed E-state index contributed by atoms with van der Waals surface area (Å²) < 4.78 is 2.40. The van der Waals surface area contributed by atoms with Crippen LogP contribution in [0.5, 0.6) is 0 Å². The zero-order chi connectivity index (χ0) is 19.5. The molecular weight excluding hydrogens is 483 g/mol. The van der Waals surface area contributed by atoms with E-state index < -0.39 is 0 Å². The highest BCUT2D eigenvalue weighted by Gasteiger charge is 2.23. The molecule has 0 saturated heterocycles. The van der Waals surface area contributed by atoms with Gasteiger partial charge < -0.3 is 14.8 Å². The fraction of sp³-hybridized carbons (Fsp3) is 0.750. The average molecular weight is 521 g/mol. The van der Waals surface area contributed by atoms with Crippen molar-refractivity contribution in [1.82, 2.24) is 25.0 Å². The fourth-order valence-corrected chi connectivity index (χ4v) is 4.19. The number of rotatable bonds is 11. The van der Waals surface area contributed by atoms with Gasteiger partial charge in [0.25, 0.3) is 0 Å². The van der Waals surface area contributed by atoms with E-state index in [1.54, 1.807) is 11.8 Å². The van der Waals surface area contributed by atoms with Crippen LogP contribution in [0.1, 0.15) is 63.7 Å². The van der Waals surface area contributed by atoms with Gasteiger partial charge in [0, 0.05) is 39.1 Å². The predicted octanol–water partition coefficient (Wildman–Crippen LogP) is 4.53. The largest absolute Gasteiger partial charge is 0.357 e. The highest BCUT2D eigenvalue weighted by Crippen LogP contribution is 2.33. The first-order valence-corrected chi connectivity index (χ1v) is 11.5. The van der Waals surface area contributed by atoms with E-state index in [-0.39, 0.29) is 24.0 Å². The summed E-state index contributed by atoms with van der Waals surface area (Å²) in [6.07, 6.45) is 13.3. The standard InChI is InChI=1S/C20H36N6S.HI/c1-5-7-10-16-25(3)19(21-6-2)22-15-11-14-18-23-24-20(27-4)26(18)17-12-8-9-13-17;/h5,17H,1,6-16H2,2-4H3,(H,21,22);1H. The number of thioether (sulfide) groups is 1. The van der Waals surface area contributed by atoms with Crippen molar-refractivity contribution in [3.63, 3.8) is 0 Å². The molecule has 6 nitrogen and oxygen atoms in total. The molecule has 1 aromatic rings. The van der Waals surface area contributed by atoms with Crippen LogP contribution in [0.25, 0.3) is 0 Å². The molecule has 1 aliphatic rings. The van der Waals surface area contributed by atoms with Crippen LogP contribution in [0, 0.1) is 0 Å². The number of halogens is 1. The van der Waals surface area contributed by atoms with Crippen molar-refractivity contribution in [2.45, 2.75) is 69.5 Å². The molecule has 1 fully saturated rings. The fourth-order valence-electron chi connectivity index (χ4n) is 3.62. The summed E-state index contributed by atoms with van der Waals surface area (Å²) in [6.45, 7) is 8.59. The Morgan fingerprint density at radius 3 is 2.75 bits per heavy atom. The monoisotopic (exact) mass is 520 g/mol. The molecule has 0 bridgehead atoms. The molecule has 1 heterocycles. The second kappa shape index (κ2) is 14.3. The third kappa shape index (κ3) is 7.57. The van der Waals surface area contributed by atoms with Crippen LogP contribution in [-0.4, -0.2) is 58.6 Å². The van der Waals surface area contributed by atoms with E-state index in [0.29, 0.717) is 6.04 Å². The van der Waals surface area contributed by atoms with Gasteiger partial charge in [-0.2, -0.15) is 0 Å². The van der Waals surface area contributed by atoms with Gasteiger partial charge in [0.1, 0.15) is 5.82 Å². The Kier molecular flexibility index (Phi) is 12.9. The number of nitrogens with zero attached hydrogens (tertiary/aromatic N) is 5. The van der Waals surface area contributed by atoms with Gasteiger partial charge in [-0.3, -0.25) is 4.99 Å². The molecule has 1 N–H and O–H groups in total. The molecule has 0 unspecified atom stereocenters. The van der Waals surface area contributed by atoms with Crippen LogP contribution in [0.2, 0.25) is 0 Å². The Bertz CT molecular complexity index is 598. The van der Waals surface area contributed by atoms with Gasteiger partial charge in [-0.25, -0.2) is 0 Å². The lowest BCUT2D eigenvalue weighted by molar-refractivity contribution is 0.459. The zero-order valence-electron chi connectivity index (χ0n) is 17.7. The van der Waals surface area contributed by atoms with E-state index in [4.69, 9.17) is 4.99 Å². The minimum Gasteiger partial charge on any atom is -0.357 e. The van der Waals surface area contributed by atoms with Gasteiger partial charge in [0.15, 0.2) is 11.1 Å². The summed E-state index contributed by atoms with van der Waals surface area (Å²) in [5.74, 6) is 2.12. The number of hydrogen-bond acceptors (Lipinski definition) is 4. The molecule has 1 aromatic heterocycles. The molecule has 8 heteroatoms. The number of aliphatic imine (C=N–C) groups is 1. The van der Waals surface area contributed by atoms with Gasteiger partial charge in [0.2, 0.25) is 0 Å². The number of guanidine groups is 1. The lowest BCUT2D eigenvalue weighted by atomic mass is 10.2. The molecule has 0 spiro atoms. The first kappa shape index (κ1) is 25.3. The summed E-state index contributed by atoms with van der Waals surface area (Å²) in [5, 5.41) is 13.3. The Morgan fingerprint density at radius 1 is 1.36 bits per heavy atom. The summed E-state index contributed by atoms with van der Waals surface area (Å²) in [5.41, 5.74) is 0. The first-order chi connectivity index (χ1) is 13.2. The summed E-state index contributed by atoms with van der Waals surface area (Å²) in [4.78, 5) is 7.01. The Balaban J connectivity index is 0.00000392. The van der Waals surface area contributed by atoms with Crippen molar-refractivity contribution in [3.8, 4) is 0 Å². The van der Waals surface area contributed by atoms with Crippen molar-refractivity contribution in [2.75, 3.05) is 32.9 Å². The van der Waals surface area contributed by atoms with Gasteiger partial charge >= 0.3 is 0 Å². The third-order valence-corrected chi connectivity index (χ3v) is 5.67. The molecule has 1 saturated carbocycles. The molecular formula is C20H37IN6S. The number of nitrogens with one attached hydrogen (secondary N) is 1. The van der Waals surface area contributed by atoms with E-state index in [0.717, 1.165) is 62.3 Å². The predicted molar refractivity (Wildman–Crippen MR) is 131 cm³/mol. The van der Waals surface area contributed by atoms with Crippen LogP contribution >= 0.6 is 35.7 Å². The highest BCUT2D eigenvalue weighted by molar-refractivity contribution is 14.0. The maximum atomic E-state index is 4.80. The molecule has 160 valence electrons. The van der Waals surface area contributed by atoms with E-state index in [2.05, 4.69) is 51.8 Å². The molecule has 2 rings (SSSR count). The molecule has 0 aliphatic heterocycles. The Labute approximate surface area is 192 Å². The molecule has 0 radical (unpaired) electrons. The van der Waals surface area contributed by atoms with Crippen LogP contribution < -0.4 is 5.32 Å². The SMILES string of the molecule is C=CCCCN(C)C(=NCCCc1nnc(SC)n1C1CCCC1)NCC.I. The van der Waals surface area contributed by atoms with E-state index in [1.807, 2.05) is 6.08 Å². The minimum atomic E-state index is 0. The highest BCUT2D eigenvalue weighted by atomic mass is 127. The van der Waals surface area contributed by atoms with Crippen molar-refractivity contribution < 1.29 is 0 Å². The molecule has 28 heavy (non-hydrogen) atoms. The van der Waals surface area contributed by atoms with Gasteiger partial charge in [0.05, 0.1) is 0 Å². The van der Waals surface area contributed by atoms with Crippen LogP contribution in [-0.2, 0) is 6.42 Å². The molecule has 1 aliphatic carbocycles. The number of hydrogen-bond donors (Lipinski definition) is 1. The normalized spacial score (nSPS) is 14.8. The van der Waals surface area contributed by atoms with Crippen molar-refractivity contribution in [1.29, 1.82) is 0 Å². The first-order valence-electron chi connectivity index (χ1n) is 10.3. The van der Waals surface area contributed by atoms with Gasteiger partial charge in [-0.1, -0.05) is 30.7 Å². The second-order valence-corrected chi connectivity index (χ2v) is 7.88. The molecule has 0 atom stereocenters. The summed E-state index contributed by atoms with van der Waals surface area (Å²) >= 11 is 1.71. The van der Waals surface area contributed by atoms with Crippen LogP contribution in [0.15, 0.2) is 22.8 Å². The lowest BCUT2D eigenvalue weighted by Crippen LogP contribution is -2.39. The van der Waals surface area contributed by atoms with Crippen molar-refractivity contribution in [3.05, 3.63) is 18.5 Å². The number of unbranched alkanes of at least 4 members (excludes halogenated alkanes) is 1.